The quantitative estimate of drug-likeness (QED) is 0.341. The van der Waals surface area contributed by atoms with E-state index < -0.39 is 10.0 Å². The Hall–Kier alpha value is -1.25. The summed E-state index contributed by atoms with van der Waals surface area (Å²) >= 11 is 1.63. The summed E-state index contributed by atoms with van der Waals surface area (Å²) in [5.41, 5.74) is 0.423. The van der Waals surface area contributed by atoms with E-state index in [0.29, 0.717) is 31.9 Å². The van der Waals surface area contributed by atoms with Gasteiger partial charge in [0.1, 0.15) is 12.0 Å². The van der Waals surface area contributed by atoms with Gasteiger partial charge >= 0.3 is 0 Å². The van der Waals surface area contributed by atoms with Gasteiger partial charge in [0.15, 0.2) is 5.96 Å². The summed E-state index contributed by atoms with van der Waals surface area (Å²) in [6.07, 6.45) is 4.01. The molecule has 1 aliphatic heterocycles. The minimum absolute atomic E-state index is 0. The second-order valence-corrected chi connectivity index (χ2v) is 8.73. The smallest absolute Gasteiger partial charge is 0.220 e. The Balaban J connectivity index is 0.00000261. The van der Waals surface area contributed by atoms with E-state index in [-0.39, 0.29) is 29.7 Å². The maximum Gasteiger partial charge on any atom is 0.220 e. The van der Waals surface area contributed by atoms with Gasteiger partial charge in [0, 0.05) is 63.8 Å². The van der Waals surface area contributed by atoms with Crippen LogP contribution in [-0.2, 0) is 22.2 Å². The monoisotopic (exact) mass is 526 g/mol. The molecular formula is C15H23IN6O3S2. The fourth-order valence-corrected chi connectivity index (χ4v) is 4.80. The molecule has 1 saturated heterocycles. The van der Waals surface area contributed by atoms with Gasteiger partial charge in [-0.15, -0.1) is 35.3 Å². The highest BCUT2D eigenvalue weighted by molar-refractivity contribution is 14.0. The highest BCUT2D eigenvalue weighted by Gasteiger charge is 2.28. The number of halogens is 1. The summed E-state index contributed by atoms with van der Waals surface area (Å²) in [5.74, 6) is 0.652. The molecule has 0 aromatic carbocycles. The molecule has 1 N–H and O–H groups in total. The molecule has 3 rings (SSSR count). The maximum atomic E-state index is 12.5. The number of hydrogen-bond donors (Lipinski definition) is 1. The van der Waals surface area contributed by atoms with Gasteiger partial charge in [-0.3, -0.25) is 4.99 Å². The van der Waals surface area contributed by atoms with E-state index in [2.05, 4.69) is 25.3 Å². The van der Waals surface area contributed by atoms with Crippen molar-refractivity contribution < 1.29 is 12.9 Å². The fourth-order valence-electron chi connectivity index (χ4n) is 2.76. The average molecular weight is 526 g/mol. The van der Waals surface area contributed by atoms with Crippen molar-refractivity contribution in [2.75, 3.05) is 39.8 Å². The first-order chi connectivity index (χ1) is 12.6. The van der Waals surface area contributed by atoms with Crippen LogP contribution in [0.3, 0.4) is 0 Å². The number of aromatic nitrogens is 2. The third-order valence-electron chi connectivity index (χ3n) is 4.07. The zero-order valence-corrected chi connectivity index (χ0v) is 18.9. The lowest BCUT2D eigenvalue weighted by molar-refractivity contribution is 0.260. The predicted molar refractivity (Wildman–Crippen MR) is 115 cm³/mol. The lowest BCUT2D eigenvalue weighted by atomic mass is 10.4. The Labute approximate surface area is 179 Å². The second kappa shape index (κ2) is 10.3. The van der Waals surface area contributed by atoms with Gasteiger partial charge in [-0.05, 0) is 0 Å². The molecular weight excluding hydrogens is 503 g/mol. The van der Waals surface area contributed by atoms with Crippen molar-refractivity contribution in [3.63, 3.8) is 0 Å². The van der Waals surface area contributed by atoms with Crippen LogP contribution in [0.2, 0.25) is 0 Å². The summed E-state index contributed by atoms with van der Waals surface area (Å²) in [7, 11) is -1.66. The molecule has 0 bridgehead atoms. The van der Waals surface area contributed by atoms with E-state index in [0.717, 1.165) is 23.9 Å². The number of nitrogens with one attached hydrogen (secondary N) is 1. The number of piperazine rings is 1. The first kappa shape index (κ1) is 22.0. The minimum atomic E-state index is -3.39. The van der Waals surface area contributed by atoms with Crippen LogP contribution in [0.15, 0.2) is 33.4 Å². The molecule has 1 aliphatic rings. The summed E-state index contributed by atoms with van der Waals surface area (Å²) in [6, 6.07) is 1.57. The lowest BCUT2D eigenvalue weighted by Crippen LogP contribution is -2.54. The minimum Gasteiger partial charge on any atom is -0.364 e. The van der Waals surface area contributed by atoms with Gasteiger partial charge in [-0.1, -0.05) is 5.16 Å². The van der Waals surface area contributed by atoms with Crippen LogP contribution >= 0.6 is 35.3 Å². The van der Waals surface area contributed by atoms with Gasteiger partial charge < -0.3 is 14.7 Å². The maximum absolute atomic E-state index is 12.5. The van der Waals surface area contributed by atoms with Crippen molar-refractivity contribution in [1.29, 1.82) is 0 Å². The summed E-state index contributed by atoms with van der Waals surface area (Å²) in [6.45, 7) is 2.77. The van der Waals surface area contributed by atoms with E-state index >= 15 is 0 Å². The van der Waals surface area contributed by atoms with Crippen molar-refractivity contribution in [3.05, 3.63) is 34.6 Å². The molecule has 0 saturated carbocycles. The third kappa shape index (κ3) is 6.12. The van der Waals surface area contributed by atoms with Crippen LogP contribution in [0.1, 0.15) is 10.7 Å². The van der Waals surface area contributed by atoms with Crippen molar-refractivity contribution >= 4 is 51.3 Å². The van der Waals surface area contributed by atoms with Crippen LogP contribution in [0.25, 0.3) is 0 Å². The lowest BCUT2D eigenvalue weighted by Gasteiger charge is -2.35. The van der Waals surface area contributed by atoms with E-state index in [4.69, 9.17) is 4.52 Å². The summed E-state index contributed by atoms with van der Waals surface area (Å²) < 4.78 is 31.2. The van der Waals surface area contributed by atoms with Crippen molar-refractivity contribution in [1.82, 2.24) is 24.7 Å². The molecule has 0 amide bonds. The Morgan fingerprint density at radius 2 is 2.15 bits per heavy atom. The van der Waals surface area contributed by atoms with Crippen LogP contribution in [0.4, 0.5) is 0 Å². The average Bonchev–Trinajstić information content (AvgIpc) is 3.33. The molecule has 0 aliphatic carbocycles. The van der Waals surface area contributed by atoms with E-state index in [1.807, 2.05) is 5.38 Å². The number of rotatable bonds is 6. The Morgan fingerprint density at radius 3 is 2.74 bits per heavy atom. The molecule has 27 heavy (non-hydrogen) atoms. The zero-order valence-electron chi connectivity index (χ0n) is 14.9. The van der Waals surface area contributed by atoms with E-state index in [1.165, 1.54) is 10.6 Å². The number of sulfonamides is 1. The third-order valence-corrected chi connectivity index (χ3v) is 6.72. The van der Waals surface area contributed by atoms with Gasteiger partial charge in [0.05, 0.1) is 10.7 Å². The zero-order chi connectivity index (χ0) is 18.4. The highest BCUT2D eigenvalue weighted by Crippen LogP contribution is 2.13. The van der Waals surface area contributed by atoms with Crippen molar-refractivity contribution in [3.8, 4) is 0 Å². The Morgan fingerprint density at radius 1 is 1.37 bits per heavy atom. The SMILES string of the molecule is CN=C(NCCc1nccs1)N1CCN(S(=O)(=O)Cc2ccon2)CC1.I. The molecule has 150 valence electrons. The second-order valence-electron chi connectivity index (χ2n) is 5.78. The topological polar surface area (TPSA) is 104 Å². The van der Waals surface area contributed by atoms with Crippen molar-refractivity contribution in [2.24, 2.45) is 4.99 Å². The Bertz CT molecular complexity index is 803. The number of aliphatic imine (C=N–C) groups is 1. The fraction of sp³-hybridized carbons (Fsp3) is 0.533. The predicted octanol–water partition coefficient (Wildman–Crippen LogP) is 1.01. The molecule has 2 aromatic rings. The molecule has 0 spiro atoms. The number of guanidine groups is 1. The van der Waals surface area contributed by atoms with Crippen LogP contribution in [0.5, 0.6) is 0 Å². The van der Waals surface area contributed by atoms with Crippen LogP contribution < -0.4 is 5.32 Å². The molecule has 12 heteroatoms. The Kier molecular flexibility index (Phi) is 8.44. The number of thiazole rings is 1. The van der Waals surface area contributed by atoms with Crippen LogP contribution in [0, 0.1) is 0 Å². The van der Waals surface area contributed by atoms with Gasteiger partial charge in [0.2, 0.25) is 10.0 Å². The first-order valence-electron chi connectivity index (χ1n) is 8.29. The molecule has 0 unspecified atom stereocenters. The molecule has 9 nitrogen and oxygen atoms in total. The van der Waals surface area contributed by atoms with E-state index in [1.54, 1.807) is 30.6 Å². The highest BCUT2D eigenvalue weighted by atomic mass is 127. The summed E-state index contributed by atoms with van der Waals surface area (Å²) in [5, 5.41) is 10.0. The van der Waals surface area contributed by atoms with Crippen molar-refractivity contribution in [2.45, 2.75) is 12.2 Å². The standard InChI is InChI=1S/C15H22N6O3S2.HI/c1-16-15(18-4-2-14-17-5-11-25-14)20-6-8-21(9-7-20)26(22,23)12-13-3-10-24-19-13;/h3,5,10-11H,2,4,6-9,12H2,1H3,(H,16,18);1H. The normalized spacial score (nSPS) is 16.2. The van der Waals surface area contributed by atoms with E-state index in [9.17, 15) is 8.42 Å². The van der Waals surface area contributed by atoms with Gasteiger partial charge in [-0.25, -0.2) is 13.4 Å². The molecule has 2 aromatic heterocycles. The number of hydrogen-bond acceptors (Lipinski definition) is 7. The summed E-state index contributed by atoms with van der Waals surface area (Å²) in [4.78, 5) is 10.6. The van der Waals surface area contributed by atoms with Crippen LogP contribution in [-0.4, -0.2) is 73.5 Å². The molecule has 1 fully saturated rings. The van der Waals surface area contributed by atoms with Gasteiger partial charge in [-0.2, -0.15) is 4.31 Å². The number of nitrogens with zero attached hydrogens (tertiary/aromatic N) is 5. The molecule has 0 radical (unpaired) electrons. The molecule has 3 heterocycles. The first-order valence-corrected chi connectivity index (χ1v) is 10.8. The van der Waals surface area contributed by atoms with Gasteiger partial charge in [0.25, 0.3) is 0 Å². The largest absolute Gasteiger partial charge is 0.364 e. The molecule has 0 atom stereocenters.